The number of rotatable bonds is 3. The summed E-state index contributed by atoms with van der Waals surface area (Å²) in [6.07, 6.45) is 0. The van der Waals surface area contributed by atoms with Gasteiger partial charge >= 0.3 is 0 Å². The first-order valence-corrected chi connectivity index (χ1v) is 6.45. The molecule has 1 nitrogen and oxygen atoms in total. The van der Waals surface area contributed by atoms with Crippen LogP contribution in [-0.2, 0) is 6.54 Å². The van der Waals surface area contributed by atoms with Gasteiger partial charge in [0.2, 0.25) is 0 Å². The predicted molar refractivity (Wildman–Crippen MR) is 77.7 cm³/mol. The van der Waals surface area contributed by atoms with Crippen LogP contribution in [0.4, 0.5) is 10.1 Å². The van der Waals surface area contributed by atoms with E-state index >= 15 is 0 Å². The first-order valence-electron chi connectivity index (χ1n) is 5.37. The maximum atomic E-state index is 13.6. The van der Waals surface area contributed by atoms with Crippen LogP contribution >= 0.6 is 22.6 Å². The molecule has 2 rings (SSSR count). The van der Waals surface area contributed by atoms with Crippen LogP contribution in [0.25, 0.3) is 0 Å². The van der Waals surface area contributed by atoms with Gasteiger partial charge in [0, 0.05) is 17.2 Å². The van der Waals surface area contributed by atoms with Crippen LogP contribution in [0.1, 0.15) is 5.56 Å². The minimum Gasteiger partial charge on any atom is -0.368 e. The standard InChI is InChI=1S/C14H13FIN/c1-17(14-5-3-2-4-13(14)15)10-11-6-8-12(16)9-7-11/h2-9H,10H2,1H3. The molecule has 0 aliphatic carbocycles. The van der Waals surface area contributed by atoms with Crippen LogP contribution in [-0.4, -0.2) is 7.05 Å². The monoisotopic (exact) mass is 341 g/mol. The molecule has 0 aromatic heterocycles. The first kappa shape index (κ1) is 12.4. The zero-order valence-corrected chi connectivity index (χ0v) is 11.7. The van der Waals surface area contributed by atoms with Crippen molar-refractivity contribution in [3.8, 4) is 0 Å². The normalized spacial score (nSPS) is 10.3. The van der Waals surface area contributed by atoms with Gasteiger partial charge < -0.3 is 4.90 Å². The molecule has 0 radical (unpaired) electrons. The van der Waals surface area contributed by atoms with Crippen molar-refractivity contribution >= 4 is 28.3 Å². The van der Waals surface area contributed by atoms with Gasteiger partial charge in [-0.05, 0) is 52.4 Å². The largest absolute Gasteiger partial charge is 0.368 e. The Balaban J connectivity index is 2.14. The van der Waals surface area contributed by atoms with Gasteiger partial charge in [0.15, 0.2) is 0 Å². The molecule has 0 N–H and O–H groups in total. The van der Waals surface area contributed by atoms with Gasteiger partial charge in [-0.2, -0.15) is 0 Å². The van der Waals surface area contributed by atoms with Crippen LogP contribution in [0, 0.1) is 9.39 Å². The molecular formula is C14H13FIN. The zero-order valence-electron chi connectivity index (χ0n) is 9.53. The summed E-state index contributed by atoms with van der Waals surface area (Å²) in [4.78, 5) is 1.91. The van der Waals surface area contributed by atoms with Gasteiger partial charge in [0.25, 0.3) is 0 Å². The molecule has 0 spiro atoms. The molecule has 0 aliphatic rings. The fraction of sp³-hybridized carbons (Fsp3) is 0.143. The number of anilines is 1. The molecule has 88 valence electrons. The Morgan fingerprint density at radius 3 is 2.35 bits per heavy atom. The highest BCUT2D eigenvalue weighted by molar-refractivity contribution is 14.1. The molecule has 0 heterocycles. The van der Waals surface area contributed by atoms with Crippen LogP contribution in [0.3, 0.4) is 0 Å². The molecule has 0 saturated heterocycles. The quantitative estimate of drug-likeness (QED) is 0.761. The molecule has 3 heteroatoms. The summed E-state index contributed by atoms with van der Waals surface area (Å²) in [5.74, 6) is -0.180. The third-order valence-electron chi connectivity index (χ3n) is 2.60. The van der Waals surface area contributed by atoms with Crippen LogP contribution < -0.4 is 4.90 Å². The van der Waals surface area contributed by atoms with E-state index in [0.29, 0.717) is 12.2 Å². The van der Waals surface area contributed by atoms with Crippen molar-refractivity contribution in [2.45, 2.75) is 6.54 Å². The van der Waals surface area contributed by atoms with Crippen LogP contribution in [0.5, 0.6) is 0 Å². The Hall–Kier alpha value is -1.10. The Labute approximate surface area is 114 Å². The second-order valence-electron chi connectivity index (χ2n) is 3.93. The van der Waals surface area contributed by atoms with Gasteiger partial charge in [-0.3, -0.25) is 0 Å². The number of halogens is 2. The van der Waals surface area contributed by atoms with E-state index in [1.54, 1.807) is 12.1 Å². The van der Waals surface area contributed by atoms with Crippen molar-refractivity contribution < 1.29 is 4.39 Å². The second-order valence-corrected chi connectivity index (χ2v) is 5.18. The van der Waals surface area contributed by atoms with Crippen molar-refractivity contribution in [3.63, 3.8) is 0 Å². The molecule has 0 saturated carbocycles. The van der Waals surface area contributed by atoms with E-state index in [0.717, 1.165) is 0 Å². The lowest BCUT2D eigenvalue weighted by Gasteiger charge is -2.19. The third-order valence-corrected chi connectivity index (χ3v) is 3.32. The van der Waals surface area contributed by atoms with Gasteiger partial charge in [0.05, 0.1) is 5.69 Å². The average molecular weight is 341 g/mol. The summed E-state index contributed by atoms with van der Waals surface area (Å²) in [6.45, 7) is 0.706. The molecule has 2 aromatic carbocycles. The lowest BCUT2D eigenvalue weighted by atomic mass is 10.2. The topological polar surface area (TPSA) is 3.24 Å². The highest BCUT2D eigenvalue weighted by atomic mass is 127. The van der Waals surface area contributed by atoms with E-state index in [4.69, 9.17) is 0 Å². The van der Waals surface area contributed by atoms with E-state index in [-0.39, 0.29) is 5.82 Å². The lowest BCUT2D eigenvalue weighted by Crippen LogP contribution is -2.17. The fourth-order valence-electron chi connectivity index (χ4n) is 1.71. The Morgan fingerprint density at radius 2 is 1.71 bits per heavy atom. The zero-order chi connectivity index (χ0) is 12.3. The van der Waals surface area contributed by atoms with Crippen LogP contribution in [0.15, 0.2) is 48.5 Å². The number of benzene rings is 2. The molecule has 0 unspecified atom stereocenters. The Bertz CT molecular complexity index is 496. The van der Waals surface area contributed by atoms with Crippen molar-refractivity contribution in [2.24, 2.45) is 0 Å². The van der Waals surface area contributed by atoms with Crippen molar-refractivity contribution in [2.75, 3.05) is 11.9 Å². The molecule has 0 aliphatic heterocycles. The van der Waals surface area contributed by atoms with E-state index in [2.05, 4.69) is 46.9 Å². The summed E-state index contributed by atoms with van der Waals surface area (Å²) < 4.78 is 14.8. The van der Waals surface area contributed by atoms with E-state index in [1.807, 2.05) is 18.0 Å². The fourth-order valence-corrected chi connectivity index (χ4v) is 2.07. The maximum Gasteiger partial charge on any atom is 0.146 e. The highest BCUT2D eigenvalue weighted by Crippen LogP contribution is 2.19. The summed E-state index contributed by atoms with van der Waals surface area (Å²) >= 11 is 2.27. The number of hydrogen-bond acceptors (Lipinski definition) is 1. The molecule has 0 bridgehead atoms. The maximum absolute atomic E-state index is 13.6. The average Bonchev–Trinajstić information content (AvgIpc) is 2.32. The van der Waals surface area contributed by atoms with Gasteiger partial charge in [-0.25, -0.2) is 4.39 Å². The van der Waals surface area contributed by atoms with Crippen molar-refractivity contribution in [3.05, 3.63) is 63.5 Å². The SMILES string of the molecule is CN(Cc1ccc(I)cc1)c1ccccc1F. The third kappa shape index (κ3) is 3.19. The van der Waals surface area contributed by atoms with E-state index in [9.17, 15) is 4.39 Å². The predicted octanol–water partition coefficient (Wildman–Crippen LogP) is 4.07. The second kappa shape index (κ2) is 5.49. The van der Waals surface area contributed by atoms with E-state index in [1.165, 1.54) is 15.2 Å². The molecule has 17 heavy (non-hydrogen) atoms. The smallest absolute Gasteiger partial charge is 0.146 e. The minimum absolute atomic E-state index is 0.180. The molecule has 2 aromatic rings. The Kier molecular flexibility index (Phi) is 3.99. The van der Waals surface area contributed by atoms with Crippen molar-refractivity contribution in [1.82, 2.24) is 0 Å². The van der Waals surface area contributed by atoms with Gasteiger partial charge in [-0.15, -0.1) is 0 Å². The van der Waals surface area contributed by atoms with Gasteiger partial charge in [0.1, 0.15) is 5.82 Å². The Morgan fingerprint density at radius 1 is 1.06 bits per heavy atom. The van der Waals surface area contributed by atoms with Crippen molar-refractivity contribution in [1.29, 1.82) is 0 Å². The van der Waals surface area contributed by atoms with Gasteiger partial charge in [-0.1, -0.05) is 24.3 Å². The molecular weight excluding hydrogens is 328 g/mol. The molecule has 0 fully saturated rings. The highest BCUT2D eigenvalue weighted by Gasteiger charge is 2.06. The molecule has 0 atom stereocenters. The van der Waals surface area contributed by atoms with E-state index < -0.39 is 0 Å². The first-order chi connectivity index (χ1) is 8.16. The minimum atomic E-state index is -0.180. The number of para-hydroxylation sites is 1. The summed E-state index contributed by atoms with van der Waals surface area (Å²) in [5.41, 5.74) is 1.81. The summed E-state index contributed by atoms with van der Waals surface area (Å²) in [5, 5.41) is 0. The summed E-state index contributed by atoms with van der Waals surface area (Å²) in [6, 6.07) is 15.1. The summed E-state index contributed by atoms with van der Waals surface area (Å²) in [7, 11) is 1.90. The lowest BCUT2D eigenvalue weighted by molar-refractivity contribution is 0.622. The van der Waals surface area contributed by atoms with Crippen LogP contribution in [0.2, 0.25) is 0 Å². The number of nitrogens with zero attached hydrogens (tertiary/aromatic N) is 1. The molecule has 0 amide bonds. The number of hydrogen-bond donors (Lipinski definition) is 0.